The Labute approximate surface area is 378 Å². The van der Waals surface area contributed by atoms with E-state index in [9.17, 15) is 0 Å². The molecule has 0 saturated carbocycles. The minimum atomic E-state index is -2.14. The number of carbonyl (C=O) groups is 1. The van der Waals surface area contributed by atoms with E-state index in [0.717, 1.165) is 50.1 Å². The van der Waals surface area contributed by atoms with Gasteiger partial charge in [-0.2, -0.15) is 0 Å². The zero-order valence-electron chi connectivity index (χ0n) is 39.0. The fourth-order valence-corrected chi connectivity index (χ4v) is 9.29. The van der Waals surface area contributed by atoms with E-state index in [0.29, 0.717) is 45.6 Å². The third-order valence-electron chi connectivity index (χ3n) is 10.7. The first kappa shape index (κ1) is 47.1. The highest BCUT2D eigenvalue weighted by Gasteiger charge is 2.30. The summed E-state index contributed by atoms with van der Waals surface area (Å²) < 4.78 is 40.6. The average Bonchev–Trinajstić information content (AvgIpc) is 3.20. The Morgan fingerprint density at radius 2 is 0.619 bits per heavy atom. The van der Waals surface area contributed by atoms with Crippen molar-refractivity contribution < 1.29 is 31.9 Å². The van der Waals surface area contributed by atoms with Gasteiger partial charge in [0.25, 0.3) is 0 Å². The molecule has 0 saturated heterocycles. The van der Waals surface area contributed by atoms with Crippen molar-refractivity contribution >= 4 is 23.0 Å². The lowest BCUT2D eigenvalue weighted by Gasteiger charge is -2.24. The van der Waals surface area contributed by atoms with Gasteiger partial charge >= 0.3 is 17.2 Å². The molecular weight excluding hydrogens is 823 g/mol. The van der Waals surface area contributed by atoms with Crippen LogP contribution in [0.25, 0.3) is 0 Å². The summed E-state index contributed by atoms with van der Waals surface area (Å²) in [6.45, 7) is 27.1. The molecular formula is C54H62O7P2. The van der Waals surface area contributed by atoms with E-state index >= 15 is 4.79 Å². The Balaban J connectivity index is 1.41. The minimum absolute atomic E-state index is 0.180. The van der Waals surface area contributed by atoms with Crippen molar-refractivity contribution in [2.45, 2.75) is 114 Å². The molecule has 6 aromatic carbocycles. The van der Waals surface area contributed by atoms with Gasteiger partial charge in [0, 0.05) is 0 Å². The highest BCUT2D eigenvalue weighted by Crippen LogP contribution is 2.50. The van der Waals surface area contributed by atoms with Crippen LogP contribution in [0.2, 0.25) is 0 Å². The van der Waals surface area contributed by atoms with E-state index in [4.69, 9.17) is 27.1 Å². The van der Waals surface area contributed by atoms with Crippen LogP contribution < -0.4 is 27.1 Å². The first-order valence-electron chi connectivity index (χ1n) is 21.8. The monoisotopic (exact) mass is 884 g/mol. The molecule has 0 radical (unpaired) electrons. The van der Waals surface area contributed by atoms with Crippen LogP contribution in [-0.4, -0.2) is 5.78 Å². The molecule has 0 bridgehead atoms. The van der Waals surface area contributed by atoms with E-state index < -0.39 is 17.2 Å². The fourth-order valence-electron chi connectivity index (χ4n) is 7.16. The Bertz CT molecular complexity index is 2420. The summed E-state index contributed by atoms with van der Waals surface area (Å²) in [5, 5.41) is 0. The molecule has 0 heterocycles. The van der Waals surface area contributed by atoms with Crippen molar-refractivity contribution in [3.05, 3.63) is 176 Å². The average molecular weight is 885 g/mol. The second kappa shape index (κ2) is 20.9. The predicted molar refractivity (Wildman–Crippen MR) is 260 cm³/mol. The molecule has 0 aliphatic heterocycles. The molecule has 0 unspecified atom stereocenters. The number of hydrogen-bond acceptors (Lipinski definition) is 7. The Kier molecular flexibility index (Phi) is 15.6. The van der Waals surface area contributed by atoms with Gasteiger partial charge in [0.05, 0.1) is 11.1 Å². The summed E-state index contributed by atoms with van der Waals surface area (Å²) in [5.74, 6) is 3.75. The largest absolute Gasteiger partial charge is 0.530 e. The maximum absolute atomic E-state index is 15.0. The summed E-state index contributed by atoms with van der Waals surface area (Å²) >= 11 is 0. The molecule has 0 aliphatic carbocycles. The third kappa shape index (κ3) is 12.0. The Morgan fingerprint density at radius 3 is 0.968 bits per heavy atom. The summed E-state index contributed by atoms with van der Waals surface area (Å²) in [6, 6.07) is 37.4. The van der Waals surface area contributed by atoms with E-state index in [1.165, 1.54) is 0 Å². The quantitative estimate of drug-likeness (QED) is 0.0629. The number of carbonyl (C=O) groups excluding carboxylic acids is 1. The minimum Gasteiger partial charge on any atom is -0.408 e. The molecule has 0 spiro atoms. The lowest BCUT2D eigenvalue weighted by atomic mass is 10.0. The van der Waals surface area contributed by atoms with Crippen molar-refractivity contribution in [1.29, 1.82) is 0 Å². The van der Waals surface area contributed by atoms with E-state index in [1.54, 1.807) is 18.2 Å². The zero-order chi connectivity index (χ0) is 45.5. The zero-order valence-corrected chi connectivity index (χ0v) is 40.8. The number of aryl methyl sites for hydroxylation is 5. The molecule has 0 fully saturated rings. The number of para-hydroxylation sites is 1. The number of rotatable bonds is 18. The maximum Gasteiger partial charge on any atom is 0.530 e. The highest BCUT2D eigenvalue weighted by molar-refractivity contribution is 7.43. The van der Waals surface area contributed by atoms with Crippen molar-refractivity contribution in [3.8, 4) is 34.5 Å². The van der Waals surface area contributed by atoms with Crippen LogP contribution in [0.1, 0.15) is 145 Å². The molecule has 7 nitrogen and oxygen atoms in total. The van der Waals surface area contributed by atoms with Crippen molar-refractivity contribution in [2.75, 3.05) is 0 Å². The van der Waals surface area contributed by atoms with Gasteiger partial charge in [-0.15, -0.1) is 0 Å². The van der Waals surface area contributed by atoms with Crippen molar-refractivity contribution in [3.63, 3.8) is 0 Å². The summed E-state index contributed by atoms with van der Waals surface area (Å²) in [6.07, 6.45) is 0. The standard InChI is InChI=1S/C54H62O7P2/c1-33(2)42-23-18-37(9)28-49(42)57-62(58-50-29-38(10)19-24-43(50)34(3)4)56-48-17-15-14-16-46(48)54(55)47-27-22-41(13)32-53(47)61-63(59-51-30-39(11)20-25-44(51)35(5)6)60-52-31-40(12)21-26-45(52)36(7)8/h14-36H,1-13H3. The van der Waals surface area contributed by atoms with Gasteiger partial charge in [0.15, 0.2) is 0 Å². The van der Waals surface area contributed by atoms with Crippen LogP contribution in [0.3, 0.4) is 0 Å². The highest BCUT2D eigenvalue weighted by atomic mass is 31.2. The van der Waals surface area contributed by atoms with Gasteiger partial charge in [-0.05, 0) is 157 Å². The van der Waals surface area contributed by atoms with Crippen LogP contribution in [0.4, 0.5) is 0 Å². The van der Waals surface area contributed by atoms with Gasteiger partial charge in [0.2, 0.25) is 5.78 Å². The lowest BCUT2D eigenvalue weighted by molar-refractivity contribution is 0.103. The third-order valence-corrected chi connectivity index (χ3v) is 12.8. The van der Waals surface area contributed by atoms with E-state index in [1.807, 2.05) is 83.1 Å². The molecule has 9 heteroatoms. The normalized spacial score (nSPS) is 11.5. The van der Waals surface area contributed by atoms with Gasteiger partial charge in [-0.1, -0.05) is 122 Å². The van der Waals surface area contributed by atoms with E-state index in [-0.39, 0.29) is 29.5 Å². The number of benzene rings is 6. The SMILES string of the molecule is Cc1ccc(C(=O)c2ccccc2OP(Oc2cc(C)ccc2C(C)C)Oc2cc(C)ccc2C(C)C)c(OP(Oc2cc(C)ccc2C(C)C)Oc2cc(C)ccc2C(C)C)c1. The maximum atomic E-state index is 15.0. The molecule has 330 valence electrons. The summed E-state index contributed by atoms with van der Waals surface area (Å²) in [5.41, 5.74) is 9.83. The molecule has 0 amide bonds. The van der Waals surface area contributed by atoms with Gasteiger partial charge in [0.1, 0.15) is 34.5 Å². The van der Waals surface area contributed by atoms with Crippen molar-refractivity contribution in [2.24, 2.45) is 0 Å². The molecule has 6 rings (SSSR count). The topological polar surface area (TPSA) is 72.5 Å². The second-order valence-corrected chi connectivity index (χ2v) is 19.6. The Hall–Kier alpha value is -5.35. The van der Waals surface area contributed by atoms with Crippen LogP contribution in [0.15, 0.2) is 115 Å². The number of ketones is 1. The molecule has 0 aromatic heterocycles. The van der Waals surface area contributed by atoms with Crippen LogP contribution in [0, 0.1) is 34.6 Å². The number of hydrogen-bond donors (Lipinski definition) is 0. The van der Waals surface area contributed by atoms with Crippen LogP contribution in [0.5, 0.6) is 34.5 Å². The summed E-state index contributed by atoms with van der Waals surface area (Å²) in [4.78, 5) is 15.0. The molecule has 0 N–H and O–H groups in total. The van der Waals surface area contributed by atoms with Crippen LogP contribution >= 0.6 is 17.2 Å². The van der Waals surface area contributed by atoms with Crippen molar-refractivity contribution in [1.82, 2.24) is 0 Å². The Morgan fingerprint density at radius 1 is 0.349 bits per heavy atom. The predicted octanol–water partition coefficient (Wildman–Crippen LogP) is 16.5. The molecule has 63 heavy (non-hydrogen) atoms. The molecule has 6 aromatic rings. The fraction of sp³-hybridized carbons (Fsp3) is 0.315. The first-order valence-corrected chi connectivity index (χ1v) is 24.0. The summed E-state index contributed by atoms with van der Waals surface area (Å²) in [7, 11) is -4.27. The lowest BCUT2D eigenvalue weighted by Crippen LogP contribution is -2.11. The van der Waals surface area contributed by atoms with Gasteiger partial charge < -0.3 is 27.1 Å². The van der Waals surface area contributed by atoms with Gasteiger partial charge in [-0.25, -0.2) is 0 Å². The molecule has 0 aliphatic rings. The van der Waals surface area contributed by atoms with E-state index in [2.05, 4.69) is 104 Å². The van der Waals surface area contributed by atoms with Gasteiger partial charge in [-0.3, -0.25) is 4.79 Å². The first-order chi connectivity index (χ1) is 30.0. The molecule has 0 atom stereocenters. The smallest absolute Gasteiger partial charge is 0.408 e. The van der Waals surface area contributed by atoms with Crippen LogP contribution in [-0.2, 0) is 0 Å². The second-order valence-electron chi connectivity index (χ2n) is 17.6.